The molecular weight excluding hydrogens is 468 g/mol. The van der Waals surface area contributed by atoms with E-state index in [0.29, 0.717) is 53.8 Å². The van der Waals surface area contributed by atoms with E-state index in [1.165, 1.54) is 4.57 Å². The van der Waals surface area contributed by atoms with Crippen molar-refractivity contribution in [3.05, 3.63) is 75.2 Å². The standard InChI is InChI=1S/C26H29ClN4O4/c1-18-23(10-15-32)26(34)31(25(28-18)19-4-3-5-20(27)16-19)17-24(33)30-13-11-29(12-14-30)21-6-8-22(35-2)9-7-21/h3-9,16,32H,10-15,17H2,1-2H3. The second kappa shape index (κ2) is 10.9. The zero-order chi connectivity index (χ0) is 24.9. The van der Waals surface area contributed by atoms with Crippen LogP contribution in [0, 0.1) is 6.92 Å². The van der Waals surface area contributed by atoms with Crippen LogP contribution in [0.4, 0.5) is 5.69 Å². The van der Waals surface area contributed by atoms with Crippen molar-refractivity contribution < 1.29 is 14.6 Å². The molecule has 1 N–H and O–H groups in total. The second-order valence-corrected chi connectivity index (χ2v) is 8.88. The van der Waals surface area contributed by atoms with Crippen molar-refractivity contribution in [2.75, 3.05) is 44.8 Å². The van der Waals surface area contributed by atoms with Crippen LogP contribution in [0.15, 0.2) is 53.3 Å². The van der Waals surface area contributed by atoms with Gasteiger partial charge in [0, 0.05) is 66.7 Å². The Kier molecular flexibility index (Phi) is 7.73. The zero-order valence-electron chi connectivity index (χ0n) is 19.9. The van der Waals surface area contributed by atoms with Gasteiger partial charge in [-0.1, -0.05) is 23.7 Å². The maximum absolute atomic E-state index is 13.4. The van der Waals surface area contributed by atoms with E-state index >= 15 is 0 Å². The number of nitrogens with zero attached hydrogens (tertiary/aromatic N) is 4. The first-order chi connectivity index (χ1) is 16.9. The molecule has 0 atom stereocenters. The van der Waals surface area contributed by atoms with E-state index in [0.717, 1.165) is 11.4 Å². The van der Waals surface area contributed by atoms with Gasteiger partial charge in [0.1, 0.15) is 18.1 Å². The summed E-state index contributed by atoms with van der Waals surface area (Å²) in [5.74, 6) is 1.04. The Hall–Kier alpha value is -3.36. The van der Waals surface area contributed by atoms with Gasteiger partial charge >= 0.3 is 0 Å². The molecule has 8 nitrogen and oxygen atoms in total. The predicted molar refractivity (Wildman–Crippen MR) is 136 cm³/mol. The Morgan fingerprint density at radius 2 is 1.83 bits per heavy atom. The molecule has 9 heteroatoms. The van der Waals surface area contributed by atoms with Crippen molar-refractivity contribution in [3.63, 3.8) is 0 Å². The number of hydrogen-bond acceptors (Lipinski definition) is 6. The Labute approximate surface area is 209 Å². The van der Waals surface area contributed by atoms with Gasteiger partial charge in [0.2, 0.25) is 5.91 Å². The van der Waals surface area contributed by atoms with Gasteiger partial charge in [-0.25, -0.2) is 4.98 Å². The fourth-order valence-corrected chi connectivity index (χ4v) is 4.53. The summed E-state index contributed by atoms with van der Waals surface area (Å²) in [5.41, 5.74) is 2.37. The van der Waals surface area contributed by atoms with Crippen LogP contribution >= 0.6 is 11.6 Å². The number of hydrogen-bond donors (Lipinski definition) is 1. The fraction of sp³-hybridized carbons (Fsp3) is 0.346. The number of piperazine rings is 1. The topological polar surface area (TPSA) is 87.9 Å². The van der Waals surface area contributed by atoms with Gasteiger partial charge in [-0.05, 0) is 43.3 Å². The van der Waals surface area contributed by atoms with Crippen molar-refractivity contribution in [2.24, 2.45) is 0 Å². The Morgan fingerprint density at radius 3 is 2.46 bits per heavy atom. The monoisotopic (exact) mass is 496 g/mol. The van der Waals surface area contributed by atoms with Gasteiger partial charge < -0.3 is 19.6 Å². The lowest BCUT2D eigenvalue weighted by molar-refractivity contribution is -0.132. The van der Waals surface area contributed by atoms with E-state index in [1.54, 1.807) is 37.1 Å². The molecule has 35 heavy (non-hydrogen) atoms. The average Bonchev–Trinajstić information content (AvgIpc) is 2.88. The van der Waals surface area contributed by atoms with Crippen LogP contribution in [0.25, 0.3) is 11.4 Å². The highest BCUT2D eigenvalue weighted by Gasteiger charge is 2.24. The fourth-order valence-electron chi connectivity index (χ4n) is 4.34. The molecule has 0 bridgehead atoms. The summed E-state index contributed by atoms with van der Waals surface area (Å²) in [6.07, 6.45) is 0.183. The lowest BCUT2D eigenvalue weighted by Gasteiger charge is -2.36. The maximum Gasteiger partial charge on any atom is 0.257 e. The lowest BCUT2D eigenvalue weighted by Crippen LogP contribution is -2.50. The van der Waals surface area contributed by atoms with Crippen molar-refractivity contribution in [1.82, 2.24) is 14.5 Å². The molecule has 1 amide bonds. The summed E-state index contributed by atoms with van der Waals surface area (Å²) >= 11 is 6.18. The molecule has 2 aromatic carbocycles. The molecule has 4 rings (SSSR count). The summed E-state index contributed by atoms with van der Waals surface area (Å²) in [6, 6.07) is 14.9. The summed E-state index contributed by atoms with van der Waals surface area (Å²) < 4.78 is 6.63. The summed E-state index contributed by atoms with van der Waals surface area (Å²) in [7, 11) is 1.64. The number of aromatic nitrogens is 2. The number of amides is 1. The lowest BCUT2D eigenvalue weighted by atomic mass is 10.1. The molecule has 184 valence electrons. The quantitative estimate of drug-likeness (QED) is 0.541. The van der Waals surface area contributed by atoms with Gasteiger partial charge in [-0.15, -0.1) is 0 Å². The number of ether oxygens (including phenoxy) is 1. The minimum atomic E-state index is -0.313. The van der Waals surface area contributed by atoms with E-state index in [-0.39, 0.29) is 31.0 Å². The second-order valence-electron chi connectivity index (χ2n) is 8.44. The van der Waals surface area contributed by atoms with Crippen molar-refractivity contribution in [2.45, 2.75) is 19.9 Å². The number of rotatable bonds is 7. The molecule has 1 aliphatic rings. The third-order valence-electron chi connectivity index (χ3n) is 6.28. The van der Waals surface area contributed by atoms with Crippen LogP contribution in [0.2, 0.25) is 5.02 Å². The molecular formula is C26H29ClN4O4. The number of carbonyl (C=O) groups excluding carboxylic acids is 1. The number of aryl methyl sites for hydroxylation is 1. The normalized spacial score (nSPS) is 13.7. The summed E-state index contributed by atoms with van der Waals surface area (Å²) in [4.78, 5) is 35.3. The molecule has 0 radical (unpaired) electrons. The van der Waals surface area contributed by atoms with Gasteiger partial charge in [-0.3, -0.25) is 14.2 Å². The Balaban J connectivity index is 1.55. The molecule has 3 aromatic rings. The Morgan fingerprint density at radius 1 is 1.11 bits per heavy atom. The van der Waals surface area contributed by atoms with Crippen LogP contribution in [-0.2, 0) is 17.8 Å². The highest BCUT2D eigenvalue weighted by Crippen LogP contribution is 2.23. The maximum atomic E-state index is 13.4. The van der Waals surface area contributed by atoms with Gasteiger partial charge in [0.05, 0.1) is 7.11 Å². The van der Waals surface area contributed by atoms with E-state index < -0.39 is 0 Å². The third-order valence-corrected chi connectivity index (χ3v) is 6.51. The van der Waals surface area contributed by atoms with Crippen LogP contribution in [0.5, 0.6) is 5.75 Å². The molecule has 1 saturated heterocycles. The van der Waals surface area contributed by atoms with Gasteiger partial charge in [0.25, 0.3) is 5.56 Å². The molecule has 0 spiro atoms. The molecule has 0 aliphatic carbocycles. The summed E-state index contributed by atoms with van der Waals surface area (Å²) in [5, 5.41) is 9.95. The van der Waals surface area contributed by atoms with Crippen LogP contribution in [0.3, 0.4) is 0 Å². The van der Waals surface area contributed by atoms with E-state index in [1.807, 2.05) is 30.3 Å². The van der Waals surface area contributed by atoms with Gasteiger partial charge in [0.15, 0.2) is 0 Å². The number of benzene rings is 2. The first kappa shape index (κ1) is 24.8. The van der Waals surface area contributed by atoms with Crippen LogP contribution in [0.1, 0.15) is 11.3 Å². The first-order valence-corrected chi connectivity index (χ1v) is 11.9. The minimum Gasteiger partial charge on any atom is -0.497 e. The molecule has 0 unspecified atom stereocenters. The van der Waals surface area contributed by atoms with Crippen LogP contribution in [-0.4, -0.2) is 65.4 Å². The summed E-state index contributed by atoms with van der Waals surface area (Å²) in [6.45, 7) is 3.92. The molecule has 1 aliphatic heterocycles. The average molecular weight is 497 g/mol. The van der Waals surface area contributed by atoms with Crippen LogP contribution < -0.4 is 15.2 Å². The van der Waals surface area contributed by atoms with E-state index in [4.69, 9.17) is 16.3 Å². The minimum absolute atomic E-state index is 0.130. The van der Waals surface area contributed by atoms with Crippen molar-refractivity contribution in [1.29, 1.82) is 0 Å². The molecule has 0 saturated carbocycles. The number of aliphatic hydroxyl groups is 1. The Bertz CT molecular complexity index is 1250. The zero-order valence-corrected chi connectivity index (χ0v) is 20.7. The number of anilines is 1. The number of carbonyl (C=O) groups is 1. The SMILES string of the molecule is COc1ccc(N2CCN(C(=O)Cn3c(-c4cccc(Cl)c4)nc(C)c(CCO)c3=O)CC2)cc1. The smallest absolute Gasteiger partial charge is 0.257 e. The van der Waals surface area contributed by atoms with Crippen molar-refractivity contribution in [3.8, 4) is 17.1 Å². The number of aliphatic hydroxyl groups excluding tert-OH is 1. The van der Waals surface area contributed by atoms with Gasteiger partial charge in [-0.2, -0.15) is 0 Å². The molecule has 1 aromatic heterocycles. The van der Waals surface area contributed by atoms with E-state index in [2.05, 4.69) is 9.88 Å². The number of methoxy groups -OCH3 is 1. The first-order valence-electron chi connectivity index (χ1n) is 11.5. The predicted octanol–water partition coefficient (Wildman–Crippen LogP) is 2.76. The largest absolute Gasteiger partial charge is 0.497 e. The highest BCUT2D eigenvalue weighted by molar-refractivity contribution is 6.30. The number of halogens is 1. The van der Waals surface area contributed by atoms with E-state index in [9.17, 15) is 14.7 Å². The van der Waals surface area contributed by atoms with Crippen molar-refractivity contribution >= 4 is 23.2 Å². The molecule has 2 heterocycles. The highest BCUT2D eigenvalue weighted by atomic mass is 35.5. The third kappa shape index (κ3) is 5.49. The molecule has 1 fully saturated rings.